The second-order valence-corrected chi connectivity index (χ2v) is 5.38. The van der Waals surface area contributed by atoms with Gasteiger partial charge in [-0.05, 0) is 13.1 Å². The van der Waals surface area contributed by atoms with Crippen LogP contribution in [0.1, 0.15) is 10.4 Å². The summed E-state index contributed by atoms with van der Waals surface area (Å²) in [4.78, 5) is 10.0. The van der Waals surface area contributed by atoms with Crippen LogP contribution in [0.4, 0.5) is 0 Å². The molecule has 0 aromatic heterocycles. The number of carbonyl (C=O) groups is 1. The monoisotopic (exact) mass is 196 g/mol. The van der Waals surface area contributed by atoms with E-state index in [-0.39, 0.29) is 0 Å². The fourth-order valence-electron chi connectivity index (χ4n) is 0.532. The summed E-state index contributed by atoms with van der Waals surface area (Å²) in [5.41, 5.74) is 0.729. The number of aldehydes is 1. The van der Waals surface area contributed by atoms with Crippen LogP contribution in [-0.4, -0.2) is 22.4 Å². The van der Waals surface area contributed by atoms with E-state index < -0.39 is 9.04 Å². The van der Waals surface area contributed by atoms with Gasteiger partial charge in [-0.25, -0.2) is 0 Å². The largest absolute Gasteiger partial charge is 0.424 e. The zero-order valence-electron chi connectivity index (χ0n) is 8.36. The standard InChI is InChI=1S/C7H6O.C3H10OSi/c8-6-7-4-2-1-3-5-7;1-4-5(2)3/h1-6H;5H,1-3H3. The molecule has 1 aromatic carbocycles. The molecule has 0 saturated carbocycles. The van der Waals surface area contributed by atoms with Gasteiger partial charge in [0, 0.05) is 12.7 Å². The van der Waals surface area contributed by atoms with Crippen LogP contribution in [0.2, 0.25) is 13.1 Å². The van der Waals surface area contributed by atoms with E-state index in [1.807, 2.05) is 18.2 Å². The number of benzene rings is 1. The molecule has 1 rings (SSSR count). The summed E-state index contributed by atoms with van der Waals surface area (Å²) in [6.45, 7) is 4.28. The van der Waals surface area contributed by atoms with Crippen LogP contribution < -0.4 is 0 Å². The van der Waals surface area contributed by atoms with Crippen molar-refractivity contribution in [2.24, 2.45) is 0 Å². The highest BCUT2D eigenvalue weighted by Crippen LogP contribution is 1.91. The van der Waals surface area contributed by atoms with E-state index in [0.717, 1.165) is 11.8 Å². The fourth-order valence-corrected chi connectivity index (χ4v) is 0.532. The molecular weight excluding hydrogens is 180 g/mol. The van der Waals surface area contributed by atoms with Crippen LogP contribution in [-0.2, 0) is 4.43 Å². The Morgan fingerprint density at radius 2 is 1.69 bits per heavy atom. The Bertz CT molecular complexity index is 222. The van der Waals surface area contributed by atoms with Crippen molar-refractivity contribution in [3.8, 4) is 0 Å². The van der Waals surface area contributed by atoms with E-state index in [0.29, 0.717) is 0 Å². The van der Waals surface area contributed by atoms with Crippen molar-refractivity contribution in [2.75, 3.05) is 7.11 Å². The van der Waals surface area contributed by atoms with Gasteiger partial charge in [0.25, 0.3) is 0 Å². The molecule has 2 nitrogen and oxygen atoms in total. The van der Waals surface area contributed by atoms with Crippen molar-refractivity contribution in [1.29, 1.82) is 0 Å². The smallest absolute Gasteiger partial charge is 0.170 e. The van der Waals surface area contributed by atoms with Gasteiger partial charge in [0.2, 0.25) is 0 Å². The van der Waals surface area contributed by atoms with Gasteiger partial charge < -0.3 is 4.43 Å². The molecule has 0 heterocycles. The van der Waals surface area contributed by atoms with Gasteiger partial charge in [-0.1, -0.05) is 30.3 Å². The molecule has 3 heteroatoms. The second kappa shape index (κ2) is 7.70. The maximum atomic E-state index is 10.0. The fraction of sp³-hybridized carbons (Fsp3) is 0.300. The van der Waals surface area contributed by atoms with Crippen LogP contribution >= 0.6 is 0 Å². The first kappa shape index (κ1) is 12.1. The third-order valence-corrected chi connectivity index (χ3v) is 2.35. The normalized spacial score (nSPS) is 8.92. The first-order valence-electron chi connectivity index (χ1n) is 4.23. The molecular formula is C10H16O2Si. The highest BCUT2D eigenvalue weighted by molar-refractivity contribution is 6.48. The summed E-state index contributed by atoms with van der Waals surface area (Å²) in [7, 11) is 1.11. The van der Waals surface area contributed by atoms with Crippen molar-refractivity contribution in [1.82, 2.24) is 0 Å². The minimum Gasteiger partial charge on any atom is -0.424 e. The third-order valence-electron chi connectivity index (χ3n) is 1.41. The molecule has 0 aliphatic carbocycles. The predicted molar refractivity (Wildman–Crippen MR) is 57.7 cm³/mol. The van der Waals surface area contributed by atoms with Crippen LogP contribution in [0.5, 0.6) is 0 Å². The van der Waals surface area contributed by atoms with Gasteiger partial charge in [-0.3, -0.25) is 4.79 Å². The summed E-state index contributed by atoms with van der Waals surface area (Å²) in [5, 5.41) is 0. The first-order valence-corrected chi connectivity index (χ1v) is 7.01. The van der Waals surface area contributed by atoms with Crippen molar-refractivity contribution in [3.63, 3.8) is 0 Å². The number of carbonyl (C=O) groups excluding carboxylic acids is 1. The molecule has 1 aromatic rings. The van der Waals surface area contributed by atoms with Crippen LogP contribution in [0.15, 0.2) is 30.3 Å². The van der Waals surface area contributed by atoms with E-state index in [9.17, 15) is 4.79 Å². The number of hydrogen-bond acceptors (Lipinski definition) is 2. The van der Waals surface area contributed by atoms with Crippen molar-refractivity contribution < 1.29 is 9.22 Å². The SMILES string of the molecule is CO[SiH](C)C.O=Cc1ccccc1. The lowest BCUT2D eigenvalue weighted by Crippen LogP contribution is -2.00. The molecule has 0 spiro atoms. The molecule has 0 radical (unpaired) electrons. The van der Waals surface area contributed by atoms with E-state index in [4.69, 9.17) is 4.43 Å². The van der Waals surface area contributed by atoms with Crippen molar-refractivity contribution in [2.45, 2.75) is 13.1 Å². The van der Waals surface area contributed by atoms with Gasteiger partial charge in [0.1, 0.15) is 6.29 Å². The Kier molecular flexibility index (Phi) is 7.15. The lowest BCUT2D eigenvalue weighted by molar-refractivity contribution is 0.112. The molecule has 0 N–H and O–H groups in total. The highest BCUT2D eigenvalue weighted by Gasteiger charge is 1.83. The lowest BCUT2D eigenvalue weighted by Gasteiger charge is -1.92. The van der Waals surface area contributed by atoms with Gasteiger partial charge >= 0.3 is 0 Å². The minimum absolute atomic E-state index is 0.650. The molecule has 0 bridgehead atoms. The van der Waals surface area contributed by atoms with E-state index in [1.165, 1.54) is 0 Å². The number of rotatable bonds is 2. The average molecular weight is 196 g/mol. The van der Waals surface area contributed by atoms with Gasteiger partial charge in [0.05, 0.1) is 0 Å². The maximum Gasteiger partial charge on any atom is 0.170 e. The Hall–Kier alpha value is -0.933. The zero-order valence-corrected chi connectivity index (χ0v) is 9.51. The third kappa shape index (κ3) is 7.43. The lowest BCUT2D eigenvalue weighted by atomic mass is 10.2. The predicted octanol–water partition coefficient (Wildman–Crippen LogP) is 2.12. The van der Waals surface area contributed by atoms with Gasteiger partial charge in [-0.15, -0.1) is 0 Å². The number of hydrogen-bond donors (Lipinski definition) is 0. The Balaban J connectivity index is 0.000000252. The molecule has 0 atom stereocenters. The van der Waals surface area contributed by atoms with Crippen LogP contribution in [0.25, 0.3) is 0 Å². The topological polar surface area (TPSA) is 26.3 Å². The second-order valence-electron chi connectivity index (χ2n) is 2.81. The van der Waals surface area contributed by atoms with E-state index in [1.54, 1.807) is 19.2 Å². The molecule has 0 fully saturated rings. The Morgan fingerprint density at radius 1 is 1.23 bits per heavy atom. The summed E-state index contributed by atoms with van der Waals surface area (Å²) >= 11 is 0. The van der Waals surface area contributed by atoms with Crippen LogP contribution in [0.3, 0.4) is 0 Å². The minimum atomic E-state index is -0.650. The summed E-state index contributed by atoms with van der Waals surface area (Å²) in [5.74, 6) is 0. The molecule has 0 aliphatic rings. The molecule has 0 saturated heterocycles. The molecule has 13 heavy (non-hydrogen) atoms. The van der Waals surface area contributed by atoms with Gasteiger partial charge in [0.15, 0.2) is 9.04 Å². The molecule has 0 amide bonds. The maximum absolute atomic E-state index is 10.0. The van der Waals surface area contributed by atoms with E-state index in [2.05, 4.69) is 13.1 Å². The molecule has 0 aliphatic heterocycles. The van der Waals surface area contributed by atoms with E-state index >= 15 is 0 Å². The summed E-state index contributed by atoms with van der Waals surface area (Å²) < 4.78 is 4.89. The summed E-state index contributed by atoms with van der Waals surface area (Å²) in [6.07, 6.45) is 0.833. The highest BCUT2D eigenvalue weighted by atomic mass is 28.3. The average Bonchev–Trinajstić information content (AvgIpc) is 2.20. The van der Waals surface area contributed by atoms with Crippen molar-refractivity contribution in [3.05, 3.63) is 35.9 Å². The first-order chi connectivity index (χ1) is 6.20. The molecule has 0 unspecified atom stereocenters. The van der Waals surface area contributed by atoms with Crippen LogP contribution in [0, 0.1) is 0 Å². The zero-order chi connectivity index (χ0) is 10.1. The molecule has 72 valence electrons. The van der Waals surface area contributed by atoms with Gasteiger partial charge in [-0.2, -0.15) is 0 Å². The Labute approximate surface area is 81.3 Å². The van der Waals surface area contributed by atoms with Crippen molar-refractivity contribution >= 4 is 15.3 Å². The summed E-state index contributed by atoms with van der Waals surface area (Å²) in [6, 6.07) is 9.10. The Morgan fingerprint density at radius 3 is 1.92 bits per heavy atom. The quantitative estimate of drug-likeness (QED) is 0.535.